The maximum absolute atomic E-state index is 12.3. The van der Waals surface area contributed by atoms with Gasteiger partial charge >= 0.3 is 17.9 Å². The van der Waals surface area contributed by atoms with Crippen LogP contribution in [-0.4, -0.2) is 103 Å². The van der Waals surface area contributed by atoms with E-state index < -0.39 is 36.0 Å². The van der Waals surface area contributed by atoms with E-state index in [0.717, 1.165) is 51.4 Å². The second-order valence-electron chi connectivity index (χ2n) is 15.4. The van der Waals surface area contributed by atoms with Gasteiger partial charge < -0.3 is 47.5 Å². The molecule has 4 amide bonds. The molecule has 0 spiro atoms. The van der Waals surface area contributed by atoms with Crippen LogP contribution in [0.25, 0.3) is 0 Å². The van der Waals surface area contributed by atoms with Gasteiger partial charge in [0.25, 0.3) is 0 Å². The summed E-state index contributed by atoms with van der Waals surface area (Å²) in [6.45, 7) is 1.34. The van der Waals surface area contributed by atoms with Crippen LogP contribution in [0.1, 0.15) is 180 Å². The molecule has 10 N–H and O–H groups in total. The molecule has 0 heterocycles. The number of carbonyl (C=O) groups excluding carboxylic acids is 4. The van der Waals surface area contributed by atoms with E-state index in [-0.39, 0.29) is 49.3 Å². The molecule has 0 aliphatic carbocycles. The van der Waals surface area contributed by atoms with Crippen LogP contribution in [-0.2, 0) is 33.6 Å². The Kier molecular flexibility index (Phi) is 35.1. The van der Waals surface area contributed by atoms with E-state index in [1.54, 1.807) is 7.98 Å². The largest absolute Gasteiger partial charge is 0.481 e. The normalized spacial score (nSPS) is 12.6. The predicted octanol–water partition coefficient (Wildman–Crippen LogP) is 3.83. The highest BCUT2D eigenvalue weighted by Crippen LogP contribution is 2.14. The van der Waals surface area contributed by atoms with E-state index in [1.807, 2.05) is 0 Å². The summed E-state index contributed by atoms with van der Waals surface area (Å²) in [5, 5.41) is 40.9. The van der Waals surface area contributed by atoms with Gasteiger partial charge in [-0.15, -0.1) is 0 Å². The number of aliphatic carboxylic acids is 3. The highest BCUT2D eigenvalue weighted by atomic mass is 16.4. The third kappa shape index (κ3) is 34.3. The lowest BCUT2D eigenvalue weighted by Gasteiger charge is -2.15. The first-order valence-corrected chi connectivity index (χ1v) is 22.1. The zero-order valence-electron chi connectivity index (χ0n) is 35.4. The lowest BCUT2D eigenvalue weighted by atomic mass is 10.0. The number of carboxylic acids is 3. The molecule has 0 aliphatic rings. The summed E-state index contributed by atoms with van der Waals surface area (Å²) in [6, 6.07) is -2.37. The Labute approximate surface area is 347 Å². The van der Waals surface area contributed by atoms with E-state index in [1.165, 1.54) is 44.9 Å². The van der Waals surface area contributed by atoms with E-state index >= 15 is 0 Å². The van der Waals surface area contributed by atoms with Gasteiger partial charge in [0.2, 0.25) is 23.6 Å². The van der Waals surface area contributed by atoms with E-state index in [0.29, 0.717) is 77.4 Å². The fraction of sp³-hybridized carbons (Fsp3) is 0.829. The number of carbonyl (C=O) groups is 7. The SMILES string of the molecule is BNC(CCCCNC(=O)CCCCCNC(=O)C(N)CCCCNC(=O)CC[C@H](NC(=O)CCCCCCCCCCCCCCCCC(=O)O)C(=O)O)C(=O)O. The van der Waals surface area contributed by atoms with Crippen molar-refractivity contribution in [2.75, 3.05) is 19.6 Å². The van der Waals surface area contributed by atoms with Gasteiger partial charge in [-0.1, -0.05) is 83.5 Å². The lowest BCUT2D eigenvalue weighted by molar-refractivity contribution is -0.142. The third-order valence-corrected chi connectivity index (χ3v) is 10.2. The summed E-state index contributed by atoms with van der Waals surface area (Å²) < 4.78 is 0. The van der Waals surface area contributed by atoms with Crippen molar-refractivity contribution in [3.8, 4) is 0 Å². The number of rotatable bonds is 41. The Morgan fingerprint density at radius 1 is 0.431 bits per heavy atom. The molecule has 0 radical (unpaired) electrons. The number of unbranched alkanes of at least 4 members (excludes halogenated alkanes) is 17. The standard InChI is InChI=1S/C41H77BN6O10/c42-48-34(41(57)58)23-18-21-30-44-35(49)24-15-13-19-31-46-39(54)32(43)22-17-20-29-45-36(50)28-27-33(40(55)56)47-37(51)25-14-11-9-7-5-3-1-2-4-6-8-10-12-16-26-38(52)53/h32-34,48H,1-31,42-43H2,(H,44,49)(H,45,50)(H,46,54)(H,47,51)(H,52,53)(H,55,56)(H,57,58)/t32?,33-,34?/m0/s1. The number of amides is 4. The lowest BCUT2D eigenvalue weighted by Crippen LogP contribution is -2.41. The fourth-order valence-corrected chi connectivity index (χ4v) is 6.53. The van der Waals surface area contributed by atoms with Crippen molar-refractivity contribution in [2.24, 2.45) is 5.73 Å². The molecule has 334 valence electrons. The van der Waals surface area contributed by atoms with Gasteiger partial charge in [-0.3, -0.25) is 28.8 Å². The minimum Gasteiger partial charge on any atom is -0.481 e. The zero-order chi connectivity index (χ0) is 43.2. The zero-order valence-corrected chi connectivity index (χ0v) is 35.4. The van der Waals surface area contributed by atoms with E-state index in [4.69, 9.17) is 15.9 Å². The second-order valence-corrected chi connectivity index (χ2v) is 15.4. The maximum atomic E-state index is 12.3. The molecule has 58 heavy (non-hydrogen) atoms. The van der Waals surface area contributed by atoms with Gasteiger partial charge in [0, 0.05) is 45.3 Å². The first kappa shape index (κ1) is 54.3. The van der Waals surface area contributed by atoms with Crippen molar-refractivity contribution in [3.63, 3.8) is 0 Å². The number of nitrogens with one attached hydrogen (secondary N) is 5. The second kappa shape index (κ2) is 37.5. The van der Waals surface area contributed by atoms with Crippen molar-refractivity contribution in [1.29, 1.82) is 0 Å². The molecule has 0 aliphatic heterocycles. The van der Waals surface area contributed by atoms with Crippen LogP contribution in [0, 0.1) is 0 Å². The summed E-state index contributed by atoms with van der Waals surface area (Å²) in [6.07, 6.45) is 21.7. The summed E-state index contributed by atoms with van der Waals surface area (Å²) >= 11 is 0. The van der Waals surface area contributed by atoms with Gasteiger partial charge in [-0.25, -0.2) is 4.79 Å². The molecule has 0 saturated carbocycles. The van der Waals surface area contributed by atoms with Crippen LogP contribution in [0.2, 0.25) is 0 Å². The number of carboxylic acid groups (broad SMARTS) is 3. The Hall–Kier alpha value is -3.73. The van der Waals surface area contributed by atoms with Crippen molar-refractivity contribution >= 4 is 49.5 Å². The summed E-state index contributed by atoms with van der Waals surface area (Å²) in [7, 11) is 1.61. The average Bonchev–Trinajstić information content (AvgIpc) is 3.18. The quantitative estimate of drug-likeness (QED) is 0.0315. The molecule has 0 fully saturated rings. The Morgan fingerprint density at radius 2 is 0.828 bits per heavy atom. The van der Waals surface area contributed by atoms with E-state index in [9.17, 15) is 38.7 Å². The molecule has 0 rings (SSSR count). The predicted molar refractivity (Wildman–Crippen MR) is 227 cm³/mol. The highest BCUT2D eigenvalue weighted by molar-refractivity contribution is 6.06. The molecule has 17 heteroatoms. The Balaban J connectivity index is 3.81. The molecular formula is C41H77BN6O10. The molecular weight excluding hydrogens is 747 g/mol. The van der Waals surface area contributed by atoms with Crippen LogP contribution < -0.4 is 32.2 Å². The average molecular weight is 825 g/mol. The number of hydrogen-bond acceptors (Lipinski definition) is 9. The minimum absolute atomic E-state index is 0.00666. The molecule has 0 bridgehead atoms. The van der Waals surface area contributed by atoms with Gasteiger partial charge in [0.1, 0.15) is 6.04 Å². The summed E-state index contributed by atoms with van der Waals surface area (Å²) in [4.78, 5) is 82.1. The van der Waals surface area contributed by atoms with Crippen molar-refractivity contribution in [1.82, 2.24) is 26.5 Å². The van der Waals surface area contributed by atoms with E-state index in [2.05, 4.69) is 26.5 Å². The molecule has 16 nitrogen and oxygen atoms in total. The monoisotopic (exact) mass is 825 g/mol. The van der Waals surface area contributed by atoms with Gasteiger partial charge in [0.05, 0.1) is 12.1 Å². The smallest absolute Gasteiger partial charge is 0.326 e. The topological polar surface area (TPSA) is 266 Å². The van der Waals surface area contributed by atoms with Crippen molar-refractivity contribution in [3.05, 3.63) is 0 Å². The fourth-order valence-electron chi connectivity index (χ4n) is 6.53. The van der Waals surface area contributed by atoms with Crippen LogP contribution in [0.15, 0.2) is 0 Å². The first-order chi connectivity index (χ1) is 27.9. The van der Waals surface area contributed by atoms with Crippen LogP contribution in [0.4, 0.5) is 0 Å². The minimum atomic E-state index is -1.17. The summed E-state index contributed by atoms with van der Waals surface area (Å²) in [5.41, 5.74) is 6.01. The molecule has 0 aromatic carbocycles. The van der Waals surface area contributed by atoms with Gasteiger partial charge in [-0.05, 0) is 70.6 Å². The van der Waals surface area contributed by atoms with Crippen LogP contribution in [0.3, 0.4) is 0 Å². The Morgan fingerprint density at radius 3 is 1.31 bits per heavy atom. The molecule has 0 aromatic heterocycles. The maximum Gasteiger partial charge on any atom is 0.326 e. The molecule has 3 atom stereocenters. The third-order valence-electron chi connectivity index (χ3n) is 10.2. The van der Waals surface area contributed by atoms with Crippen molar-refractivity contribution < 1.29 is 48.9 Å². The Bertz CT molecular complexity index is 1160. The number of nitrogens with two attached hydrogens (primary N) is 1. The van der Waals surface area contributed by atoms with Gasteiger partial charge in [-0.2, -0.15) is 0 Å². The molecule has 0 aromatic rings. The molecule has 2 unspecified atom stereocenters. The van der Waals surface area contributed by atoms with Crippen molar-refractivity contribution in [2.45, 2.75) is 198 Å². The van der Waals surface area contributed by atoms with Crippen LogP contribution in [0.5, 0.6) is 0 Å². The van der Waals surface area contributed by atoms with Gasteiger partial charge in [0.15, 0.2) is 7.98 Å². The summed E-state index contributed by atoms with van der Waals surface area (Å²) in [5.74, 6) is -3.68. The molecule has 0 saturated heterocycles. The highest BCUT2D eigenvalue weighted by Gasteiger charge is 2.21. The van der Waals surface area contributed by atoms with Crippen LogP contribution >= 0.6 is 0 Å². The number of hydrogen-bond donors (Lipinski definition) is 9. The first-order valence-electron chi connectivity index (χ1n) is 22.1.